The average molecular weight is 218 g/mol. The predicted octanol–water partition coefficient (Wildman–Crippen LogP) is 2.16. The molecule has 0 spiro atoms. The molecule has 0 aromatic carbocycles. The zero-order valence-corrected chi connectivity index (χ0v) is 10.1. The van der Waals surface area contributed by atoms with Gasteiger partial charge in [-0.2, -0.15) is 5.26 Å². The summed E-state index contributed by atoms with van der Waals surface area (Å²) in [6, 6.07) is 4.03. The van der Waals surface area contributed by atoms with Gasteiger partial charge in [0.15, 0.2) is 0 Å². The summed E-state index contributed by atoms with van der Waals surface area (Å²) in [6.45, 7) is 7.82. The quantitative estimate of drug-likeness (QED) is 0.760. The minimum atomic E-state index is 0.504. The molecule has 16 heavy (non-hydrogen) atoms. The molecule has 86 valence electrons. The van der Waals surface area contributed by atoms with Crippen LogP contribution in [0.3, 0.4) is 0 Å². The fraction of sp³-hybridized carbons (Fsp3) is 0.583. The minimum absolute atomic E-state index is 0.504. The molecule has 0 amide bonds. The highest BCUT2D eigenvalue weighted by molar-refractivity contribution is 5.30. The number of hydrogen-bond acceptors (Lipinski definition) is 4. The fourth-order valence-electron chi connectivity index (χ4n) is 1.49. The Hall–Kier alpha value is -1.63. The lowest BCUT2D eigenvalue weighted by atomic mass is 10.2. The van der Waals surface area contributed by atoms with Gasteiger partial charge in [0.1, 0.15) is 0 Å². The number of hydrogen-bond donors (Lipinski definition) is 0. The summed E-state index contributed by atoms with van der Waals surface area (Å²) in [5, 5.41) is 8.63. The number of nitriles is 1. The van der Waals surface area contributed by atoms with Crippen molar-refractivity contribution in [2.45, 2.75) is 27.2 Å². The lowest BCUT2D eigenvalue weighted by Crippen LogP contribution is -2.30. The molecule has 1 aromatic heterocycles. The van der Waals surface area contributed by atoms with Crippen LogP contribution in [0.25, 0.3) is 0 Å². The summed E-state index contributed by atoms with van der Waals surface area (Å²) < 4.78 is 0. The summed E-state index contributed by atoms with van der Waals surface area (Å²) >= 11 is 0. The summed E-state index contributed by atoms with van der Waals surface area (Å²) in [5.41, 5.74) is 0.954. The Labute approximate surface area is 96.9 Å². The van der Waals surface area contributed by atoms with Gasteiger partial charge in [0.05, 0.1) is 12.5 Å². The smallest absolute Gasteiger partial charge is 0.225 e. The second kappa shape index (κ2) is 6.06. The number of anilines is 1. The maximum atomic E-state index is 8.63. The fourth-order valence-corrected chi connectivity index (χ4v) is 1.49. The Bertz CT molecular complexity index is 368. The normalized spacial score (nSPS) is 10.2. The Morgan fingerprint density at radius 3 is 2.81 bits per heavy atom. The molecular weight excluding hydrogens is 200 g/mol. The van der Waals surface area contributed by atoms with E-state index in [9.17, 15) is 0 Å². The molecule has 0 fully saturated rings. The van der Waals surface area contributed by atoms with Gasteiger partial charge in [-0.15, -0.1) is 0 Å². The van der Waals surface area contributed by atoms with E-state index in [2.05, 4.69) is 34.8 Å². The van der Waals surface area contributed by atoms with Gasteiger partial charge in [0.25, 0.3) is 0 Å². The molecule has 1 heterocycles. The van der Waals surface area contributed by atoms with Crippen molar-refractivity contribution in [2.24, 2.45) is 5.92 Å². The minimum Gasteiger partial charge on any atom is -0.340 e. The third-order valence-corrected chi connectivity index (χ3v) is 2.14. The molecule has 0 N–H and O–H groups in total. The van der Waals surface area contributed by atoms with Crippen LogP contribution in [-0.4, -0.2) is 23.1 Å². The SMILES string of the molecule is Cc1ccnc(N(CCC#N)CC(C)C)n1. The van der Waals surface area contributed by atoms with Gasteiger partial charge in [-0.3, -0.25) is 0 Å². The lowest BCUT2D eigenvalue weighted by molar-refractivity contribution is 0.602. The second-order valence-corrected chi connectivity index (χ2v) is 4.25. The first-order valence-electron chi connectivity index (χ1n) is 5.55. The first-order valence-corrected chi connectivity index (χ1v) is 5.55. The molecule has 0 unspecified atom stereocenters. The van der Waals surface area contributed by atoms with E-state index in [1.54, 1.807) is 6.20 Å². The van der Waals surface area contributed by atoms with Crippen molar-refractivity contribution in [1.82, 2.24) is 9.97 Å². The Balaban J connectivity index is 2.79. The third-order valence-electron chi connectivity index (χ3n) is 2.14. The molecule has 0 saturated carbocycles. The summed E-state index contributed by atoms with van der Waals surface area (Å²) in [5.74, 6) is 1.26. The van der Waals surface area contributed by atoms with Crippen molar-refractivity contribution in [3.05, 3.63) is 18.0 Å². The Kier molecular flexibility index (Phi) is 4.71. The molecule has 0 aliphatic heterocycles. The van der Waals surface area contributed by atoms with Crippen molar-refractivity contribution in [2.75, 3.05) is 18.0 Å². The molecule has 0 atom stereocenters. The Morgan fingerprint density at radius 2 is 2.25 bits per heavy atom. The largest absolute Gasteiger partial charge is 0.340 e. The van der Waals surface area contributed by atoms with Crippen LogP contribution in [0.15, 0.2) is 12.3 Å². The highest BCUT2D eigenvalue weighted by Gasteiger charge is 2.10. The van der Waals surface area contributed by atoms with Gasteiger partial charge in [-0.05, 0) is 18.9 Å². The van der Waals surface area contributed by atoms with Crippen LogP contribution in [0.2, 0.25) is 0 Å². The lowest BCUT2D eigenvalue weighted by Gasteiger charge is -2.23. The highest BCUT2D eigenvalue weighted by atomic mass is 15.2. The van der Waals surface area contributed by atoms with Crippen molar-refractivity contribution in [3.8, 4) is 6.07 Å². The van der Waals surface area contributed by atoms with E-state index in [-0.39, 0.29) is 0 Å². The molecule has 0 saturated heterocycles. The topological polar surface area (TPSA) is 52.8 Å². The molecular formula is C12H18N4. The van der Waals surface area contributed by atoms with E-state index in [0.717, 1.165) is 18.2 Å². The molecule has 0 aliphatic rings. The standard InChI is InChI=1S/C12H18N4/c1-10(2)9-16(8-4-6-13)12-14-7-5-11(3)15-12/h5,7,10H,4,8-9H2,1-3H3. The van der Waals surface area contributed by atoms with Gasteiger partial charge < -0.3 is 4.90 Å². The van der Waals surface area contributed by atoms with Gasteiger partial charge in [0.2, 0.25) is 5.95 Å². The average Bonchev–Trinajstić information content (AvgIpc) is 2.23. The maximum Gasteiger partial charge on any atom is 0.225 e. The van der Waals surface area contributed by atoms with E-state index in [1.807, 2.05) is 13.0 Å². The monoisotopic (exact) mass is 218 g/mol. The van der Waals surface area contributed by atoms with Crippen LogP contribution in [-0.2, 0) is 0 Å². The van der Waals surface area contributed by atoms with Crippen LogP contribution < -0.4 is 4.90 Å². The molecule has 4 heteroatoms. The number of nitrogens with zero attached hydrogens (tertiary/aromatic N) is 4. The molecule has 0 bridgehead atoms. The first kappa shape index (κ1) is 12.4. The van der Waals surface area contributed by atoms with Gasteiger partial charge >= 0.3 is 0 Å². The van der Waals surface area contributed by atoms with E-state index < -0.39 is 0 Å². The van der Waals surface area contributed by atoms with Gasteiger partial charge in [0, 0.05) is 25.0 Å². The predicted molar refractivity (Wildman–Crippen MR) is 64.1 cm³/mol. The van der Waals surface area contributed by atoms with Crippen molar-refractivity contribution in [3.63, 3.8) is 0 Å². The zero-order chi connectivity index (χ0) is 12.0. The van der Waals surface area contributed by atoms with Crippen molar-refractivity contribution < 1.29 is 0 Å². The van der Waals surface area contributed by atoms with Crippen molar-refractivity contribution in [1.29, 1.82) is 5.26 Å². The summed E-state index contributed by atoms with van der Waals surface area (Å²) in [6.07, 6.45) is 2.27. The van der Waals surface area contributed by atoms with Crippen LogP contribution in [0.1, 0.15) is 26.0 Å². The van der Waals surface area contributed by atoms with Crippen LogP contribution in [0, 0.1) is 24.2 Å². The molecule has 1 rings (SSSR count). The molecule has 4 nitrogen and oxygen atoms in total. The number of aromatic nitrogens is 2. The Morgan fingerprint density at radius 1 is 1.50 bits per heavy atom. The van der Waals surface area contributed by atoms with E-state index in [1.165, 1.54) is 0 Å². The van der Waals surface area contributed by atoms with E-state index >= 15 is 0 Å². The number of rotatable bonds is 5. The summed E-state index contributed by atoms with van der Waals surface area (Å²) in [4.78, 5) is 10.7. The first-order chi connectivity index (χ1) is 7.63. The highest BCUT2D eigenvalue weighted by Crippen LogP contribution is 2.10. The van der Waals surface area contributed by atoms with Crippen LogP contribution >= 0.6 is 0 Å². The summed E-state index contributed by atoms with van der Waals surface area (Å²) in [7, 11) is 0. The maximum absolute atomic E-state index is 8.63. The van der Waals surface area contributed by atoms with Crippen LogP contribution in [0.5, 0.6) is 0 Å². The van der Waals surface area contributed by atoms with E-state index in [0.29, 0.717) is 18.9 Å². The third kappa shape index (κ3) is 3.85. The van der Waals surface area contributed by atoms with E-state index in [4.69, 9.17) is 5.26 Å². The zero-order valence-electron chi connectivity index (χ0n) is 10.1. The van der Waals surface area contributed by atoms with Crippen molar-refractivity contribution >= 4 is 5.95 Å². The second-order valence-electron chi connectivity index (χ2n) is 4.25. The molecule has 0 radical (unpaired) electrons. The van der Waals surface area contributed by atoms with Gasteiger partial charge in [-0.25, -0.2) is 9.97 Å². The van der Waals surface area contributed by atoms with Crippen LogP contribution in [0.4, 0.5) is 5.95 Å². The molecule has 0 aliphatic carbocycles. The van der Waals surface area contributed by atoms with Gasteiger partial charge in [-0.1, -0.05) is 13.8 Å². The molecule has 1 aromatic rings. The number of aryl methyl sites for hydroxylation is 1.